The third kappa shape index (κ3) is 7.65. The van der Waals surface area contributed by atoms with E-state index in [2.05, 4.69) is 217 Å². The quantitative estimate of drug-likeness (QED) is 0.122. The number of hydrogen-bond acceptors (Lipinski definition) is 5. The number of nitrogens with zero attached hydrogens (tertiary/aromatic N) is 5. The normalized spacial score (nSPS) is 12.8. The van der Waals surface area contributed by atoms with Gasteiger partial charge in [0.05, 0.1) is 38.3 Å². The summed E-state index contributed by atoms with van der Waals surface area (Å²) in [5, 5.41) is 3.42. The summed E-state index contributed by atoms with van der Waals surface area (Å²) in [5.41, 5.74) is 18.7. The molecule has 0 fully saturated rings. The van der Waals surface area contributed by atoms with Gasteiger partial charge in [-0.2, -0.15) is 0 Å². The van der Waals surface area contributed by atoms with Crippen molar-refractivity contribution in [2.75, 3.05) is 4.90 Å². The SMILES string of the molecule is C=Nc1ccccc1N(Cc1ccc(-c2ccc(-c3ccc(C(C)=Nc4ccccc4C)cc3)c3nc(-c4ccc5c(c4)c4ccccc4n5-c4ccccc4)sc23)cc1)C1=CCCC=C1. The van der Waals surface area contributed by atoms with Gasteiger partial charge in [0.15, 0.2) is 0 Å². The average Bonchev–Trinajstić information content (AvgIpc) is 3.97. The summed E-state index contributed by atoms with van der Waals surface area (Å²) in [6, 6.07) is 65.0. The number of para-hydroxylation sites is 5. The number of benzene rings is 8. The van der Waals surface area contributed by atoms with Crippen molar-refractivity contribution in [2.45, 2.75) is 33.2 Å². The third-order valence-electron chi connectivity index (χ3n) is 12.7. The fraction of sp³-hybridized carbons (Fsp3) is 0.0833. The predicted octanol–water partition coefficient (Wildman–Crippen LogP) is 16.4. The lowest BCUT2D eigenvalue weighted by Gasteiger charge is -2.28. The Morgan fingerprint density at radius 3 is 2.14 bits per heavy atom. The fourth-order valence-corrected chi connectivity index (χ4v) is 10.4. The van der Waals surface area contributed by atoms with Crippen molar-refractivity contribution < 1.29 is 0 Å². The van der Waals surface area contributed by atoms with E-state index in [1.807, 2.05) is 18.2 Å². The lowest BCUT2D eigenvalue weighted by Crippen LogP contribution is -2.21. The summed E-state index contributed by atoms with van der Waals surface area (Å²) < 4.78 is 3.52. The van der Waals surface area contributed by atoms with Crippen molar-refractivity contribution in [3.63, 3.8) is 0 Å². The van der Waals surface area contributed by atoms with E-state index >= 15 is 0 Å². The van der Waals surface area contributed by atoms with Gasteiger partial charge >= 0.3 is 0 Å². The molecule has 0 spiro atoms. The molecule has 0 aliphatic heterocycles. The second kappa shape index (κ2) is 17.6. The largest absolute Gasteiger partial charge is 0.336 e. The van der Waals surface area contributed by atoms with Gasteiger partial charge in [-0.25, -0.2) is 4.98 Å². The molecule has 8 aromatic carbocycles. The van der Waals surface area contributed by atoms with E-state index in [4.69, 9.17) is 9.98 Å². The molecule has 0 bridgehead atoms. The lowest BCUT2D eigenvalue weighted by molar-refractivity contribution is 0.899. The van der Waals surface area contributed by atoms with Gasteiger partial charge in [0, 0.05) is 51.1 Å². The summed E-state index contributed by atoms with van der Waals surface area (Å²) in [5.74, 6) is 0. The number of aromatic nitrogens is 2. The summed E-state index contributed by atoms with van der Waals surface area (Å²) in [4.78, 5) is 17.2. The van der Waals surface area contributed by atoms with Crippen molar-refractivity contribution in [1.29, 1.82) is 0 Å². The third-order valence-corrected chi connectivity index (χ3v) is 13.9. The van der Waals surface area contributed by atoms with Crippen molar-refractivity contribution in [3.8, 4) is 38.5 Å². The minimum Gasteiger partial charge on any atom is -0.336 e. The van der Waals surface area contributed by atoms with Crippen LogP contribution in [0, 0.1) is 6.92 Å². The van der Waals surface area contributed by atoms with Gasteiger partial charge in [-0.3, -0.25) is 9.98 Å². The maximum atomic E-state index is 5.53. The van der Waals surface area contributed by atoms with Crippen LogP contribution >= 0.6 is 11.3 Å². The Balaban J connectivity index is 1.01. The predicted molar refractivity (Wildman–Crippen MR) is 282 cm³/mol. The molecule has 1 aliphatic carbocycles. The van der Waals surface area contributed by atoms with E-state index in [-0.39, 0.29) is 0 Å². The molecule has 0 radical (unpaired) electrons. The topological polar surface area (TPSA) is 45.8 Å². The molecule has 0 atom stereocenters. The Bertz CT molecular complexity index is 3530. The van der Waals surface area contributed by atoms with Crippen LogP contribution in [-0.4, -0.2) is 22.0 Å². The standard InChI is InChI=1S/C60H47N5S/c1-40-16-10-12-22-53(40)62-41(2)43-30-32-44(33-31-43)49-35-36-50(45-28-26-42(27-29-45)39-64(47-17-6-4-7-18-47)57-25-15-13-23-54(57)61-3)59-58(49)63-60(66-59)46-34-37-56-52(38-46)51-21-11-14-24-55(51)65(56)48-19-8-5-9-20-48/h5-6,8-38H,3-4,7,39H2,1-2H3. The number of thiazole rings is 1. The van der Waals surface area contributed by atoms with Gasteiger partial charge < -0.3 is 9.47 Å². The maximum absolute atomic E-state index is 5.53. The van der Waals surface area contributed by atoms with Crippen molar-refractivity contribution in [3.05, 3.63) is 223 Å². The highest BCUT2D eigenvalue weighted by Crippen LogP contribution is 2.43. The van der Waals surface area contributed by atoms with Crippen LogP contribution in [0.2, 0.25) is 0 Å². The Morgan fingerprint density at radius 2 is 1.35 bits per heavy atom. The summed E-state index contributed by atoms with van der Waals surface area (Å²) in [7, 11) is 0. The first-order chi connectivity index (χ1) is 32.5. The van der Waals surface area contributed by atoms with Crippen LogP contribution in [-0.2, 0) is 6.54 Å². The van der Waals surface area contributed by atoms with E-state index in [9.17, 15) is 0 Å². The zero-order chi connectivity index (χ0) is 44.6. The van der Waals surface area contributed by atoms with E-state index in [1.54, 1.807) is 11.3 Å². The minimum atomic E-state index is 0.705. The van der Waals surface area contributed by atoms with Crippen LogP contribution in [0.15, 0.2) is 216 Å². The number of aliphatic imine (C=N–C) groups is 2. The van der Waals surface area contributed by atoms with E-state index in [0.29, 0.717) is 6.54 Å². The summed E-state index contributed by atoms with van der Waals surface area (Å²) >= 11 is 1.77. The van der Waals surface area contributed by atoms with Gasteiger partial charge in [0.1, 0.15) is 5.01 Å². The van der Waals surface area contributed by atoms with Gasteiger partial charge in [0.25, 0.3) is 0 Å². The molecule has 66 heavy (non-hydrogen) atoms. The molecule has 5 nitrogen and oxygen atoms in total. The van der Waals surface area contributed by atoms with Gasteiger partial charge in [-0.15, -0.1) is 11.3 Å². The van der Waals surface area contributed by atoms with Crippen LogP contribution in [0.1, 0.15) is 36.5 Å². The van der Waals surface area contributed by atoms with Crippen LogP contribution in [0.25, 0.3) is 70.5 Å². The molecule has 0 saturated carbocycles. The van der Waals surface area contributed by atoms with Crippen LogP contribution in [0.5, 0.6) is 0 Å². The van der Waals surface area contributed by atoms with Crippen molar-refractivity contribution >= 4 is 72.9 Å². The Hall–Kier alpha value is -7.93. The number of anilines is 1. The number of fused-ring (bicyclic) bond motifs is 4. The number of allylic oxidation sites excluding steroid dienone is 3. The second-order valence-corrected chi connectivity index (χ2v) is 17.9. The summed E-state index contributed by atoms with van der Waals surface area (Å²) in [6.45, 7) is 8.77. The van der Waals surface area contributed by atoms with Crippen molar-refractivity contribution in [1.82, 2.24) is 9.55 Å². The molecule has 2 heterocycles. The first kappa shape index (κ1) is 40.8. The number of hydrogen-bond donors (Lipinski definition) is 0. The zero-order valence-corrected chi connectivity index (χ0v) is 37.8. The molecule has 0 amide bonds. The van der Waals surface area contributed by atoms with E-state index in [1.165, 1.54) is 38.6 Å². The van der Waals surface area contributed by atoms with Crippen LogP contribution in [0.4, 0.5) is 17.1 Å². The minimum absolute atomic E-state index is 0.705. The molecule has 11 rings (SSSR count). The monoisotopic (exact) mass is 869 g/mol. The highest BCUT2D eigenvalue weighted by atomic mass is 32.1. The zero-order valence-electron chi connectivity index (χ0n) is 37.0. The molecule has 0 unspecified atom stereocenters. The van der Waals surface area contributed by atoms with Gasteiger partial charge in [0.2, 0.25) is 0 Å². The first-order valence-electron chi connectivity index (χ1n) is 22.5. The highest BCUT2D eigenvalue weighted by molar-refractivity contribution is 7.22. The van der Waals surface area contributed by atoms with E-state index < -0.39 is 0 Å². The molecule has 0 N–H and O–H groups in total. The maximum Gasteiger partial charge on any atom is 0.124 e. The molecule has 0 saturated heterocycles. The smallest absolute Gasteiger partial charge is 0.124 e. The Labute approximate surface area is 389 Å². The van der Waals surface area contributed by atoms with E-state index in [0.717, 1.165) is 89.9 Å². The Morgan fingerprint density at radius 1 is 0.667 bits per heavy atom. The van der Waals surface area contributed by atoms with Gasteiger partial charge in [-0.1, -0.05) is 140 Å². The highest BCUT2D eigenvalue weighted by Gasteiger charge is 2.20. The average molecular weight is 870 g/mol. The Kier molecular flexibility index (Phi) is 10.9. The molecular formula is C60H47N5S. The number of aryl methyl sites for hydroxylation is 1. The second-order valence-electron chi connectivity index (χ2n) is 16.9. The van der Waals surface area contributed by atoms with Crippen LogP contribution in [0.3, 0.4) is 0 Å². The fourth-order valence-electron chi connectivity index (χ4n) is 9.29. The molecular weight excluding hydrogens is 823 g/mol. The first-order valence-corrected chi connectivity index (χ1v) is 23.4. The molecule has 10 aromatic rings. The van der Waals surface area contributed by atoms with Crippen LogP contribution < -0.4 is 4.90 Å². The van der Waals surface area contributed by atoms with Crippen molar-refractivity contribution in [2.24, 2.45) is 9.98 Å². The molecule has 2 aromatic heterocycles. The lowest BCUT2D eigenvalue weighted by atomic mass is 9.97. The van der Waals surface area contributed by atoms with Gasteiger partial charge in [-0.05, 0) is 122 Å². The molecule has 6 heteroatoms. The molecule has 318 valence electrons. The molecule has 1 aliphatic rings. The summed E-state index contributed by atoms with van der Waals surface area (Å²) in [6.07, 6.45) is 8.88. The number of rotatable bonds is 11.